The number of para-hydroxylation sites is 2. The predicted octanol–water partition coefficient (Wildman–Crippen LogP) is 3.91. The number of pyridine rings is 1. The number of anilines is 1. The van der Waals surface area contributed by atoms with Gasteiger partial charge in [-0.1, -0.05) is 23.8 Å². The molecule has 0 saturated carbocycles. The first kappa shape index (κ1) is 22.8. The summed E-state index contributed by atoms with van der Waals surface area (Å²) in [6.45, 7) is 5.97. The number of nitrogens with zero attached hydrogens (tertiary/aromatic N) is 2. The number of hydrogen-bond donors (Lipinski definition) is 2. The maximum atomic E-state index is 12.8. The monoisotopic (exact) mass is 438 g/mol. The molecule has 7 heteroatoms. The van der Waals surface area contributed by atoms with Crippen LogP contribution < -0.4 is 15.6 Å². The summed E-state index contributed by atoms with van der Waals surface area (Å²) in [6.07, 6.45) is 0. The van der Waals surface area contributed by atoms with E-state index in [-0.39, 0.29) is 5.56 Å². The molecule has 0 saturated heterocycles. The van der Waals surface area contributed by atoms with Gasteiger partial charge in [-0.25, -0.2) is 0 Å². The number of methoxy groups -OCH3 is 1. The van der Waals surface area contributed by atoms with Gasteiger partial charge in [0.2, 0.25) is 0 Å². The maximum Gasteiger partial charge on any atom is 0.253 e. The van der Waals surface area contributed by atoms with Crippen molar-refractivity contribution < 1.29 is 4.74 Å². The second-order valence-electron chi connectivity index (χ2n) is 8.03. The number of nitrogens with one attached hydrogen (secondary N) is 2. The molecule has 2 aromatic carbocycles. The summed E-state index contributed by atoms with van der Waals surface area (Å²) in [5.41, 5.74) is 4.50. The number of benzene rings is 2. The van der Waals surface area contributed by atoms with Gasteiger partial charge in [0.1, 0.15) is 5.75 Å². The highest BCUT2D eigenvalue weighted by Gasteiger charge is 2.16. The topological polar surface area (TPSA) is 60.6 Å². The lowest BCUT2D eigenvalue weighted by molar-refractivity contribution is 0.327. The van der Waals surface area contributed by atoms with Crippen molar-refractivity contribution >= 4 is 33.9 Å². The zero-order valence-corrected chi connectivity index (χ0v) is 19.6. The van der Waals surface area contributed by atoms with Gasteiger partial charge >= 0.3 is 0 Å². The summed E-state index contributed by atoms with van der Waals surface area (Å²) >= 11 is 5.73. The van der Waals surface area contributed by atoms with Gasteiger partial charge in [-0.05, 0) is 75.4 Å². The Balaban J connectivity index is 1.91. The Labute approximate surface area is 188 Å². The van der Waals surface area contributed by atoms with E-state index in [1.807, 2.05) is 56.3 Å². The fourth-order valence-electron chi connectivity index (χ4n) is 3.57. The molecule has 31 heavy (non-hydrogen) atoms. The van der Waals surface area contributed by atoms with E-state index in [9.17, 15) is 4.79 Å². The van der Waals surface area contributed by atoms with Crippen LogP contribution in [0.3, 0.4) is 0 Å². The number of aromatic amines is 1. The SMILES string of the molecule is COc1ccccc1NC(=S)N(CCN(C)C)Cc1cc2cc(C)cc(C)c2[nH]c1=O. The van der Waals surface area contributed by atoms with E-state index >= 15 is 0 Å². The quantitative estimate of drug-likeness (QED) is 0.546. The van der Waals surface area contributed by atoms with E-state index < -0.39 is 0 Å². The minimum atomic E-state index is -0.0885. The molecule has 3 rings (SSSR count). The number of fused-ring (bicyclic) bond motifs is 1. The molecule has 1 aromatic heterocycles. The van der Waals surface area contributed by atoms with Crippen LogP contribution in [0.2, 0.25) is 0 Å². The van der Waals surface area contributed by atoms with Crippen LogP contribution in [0.5, 0.6) is 5.75 Å². The van der Waals surface area contributed by atoms with Crippen molar-refractivity contribution in [3.63, 3.8) is 0 Å². The molecule has 0 fully saturated rings. The van der Waals surface area contributed by atoms with E-state index in [1.54, 1.807) is 7.11 Å². The van der Waals surface area contributed by atoms with Crippen LogP contribution in [-0.4, -0.2) is 54.2 Å². The Morgan fingerprint density at radius 3 is 2.58 bits per heavy atom. The third kappa shape index (κ3) is 5.62. The zero-order chi connectivity index (χ0) is 22.5. The van der Waals surface area contributed by atoms with Crippen molar-refractivity contribution in [1.29, 1.82) is 0 Å². The number of aryl methyl sites for hydroxylation is 2. The highest BCUT2D eigenvalue weighted by molar-refractivity contribution is 7.80. The van der Waals surface area contributed by atoms with Gasteiger partial charge in [-0.3, -0.25) is 4.79 Å². The molecule has 0 spiro atoms. The van der Waals surface area contributed by atoms with Crippen LogP contribution >= 0.6 is 12.2 Å². The molecule has 0 aliphatic rings. The molecule has 0 aliphatic heterocycles. The molecule has 0 radical (unpaired) electrons. The van der Waals surface area contributed by atoms with E-state index in [4.69, 9.17) is 17.0 Å². The summed E-state index contributed by atoms with van der Waals surface area (Å²) in [7, 11) is 5.67. The standard InChI is InChI=1S/C24H30N4O2S/c1-16-12-17(2)22-18(13-16)14-19(23(29)26-22)15-28(11-10-27(3)4)24(31)25-20-8-6-7-9-21(20)30-5/h6-9,12-14H,10-11,15H2,1-5H3,(H,25,31)(H,26,29). The number of rotatable bonds is 7. The largest absolute Gasteiger partial charge is 0.495 e. The summed E-state index contributed by atoms with van der Waals surface area (Å²) in [4.78, 5) is 20.0. The fourth-order valence-corrected chi connectivity index (χ4v) is 3.84. The third-order valence-corrected chi connectivity index (χ3v) is 5.54. The van der Waals surface area contributed by atoms with Crippen molar-refractivity contribution in [2.45, 2.75) is 20.4 Å². The third-order valence-electron chi connectivity index (χ3n) is 5.18. The van der Waals surface area contributed by atoms with Gasteiger partial charge in [0.05, 0.1) is 24.9 Å². The lowest BCUT2D eigenvalue weighted by Crippen LogP contribution is -2.40. The van der Waals surface area contributed by atoms with Gasteiger partial charge in [0.15, 0.2) is 5.11 Å². The maximum absolute atomic E-state index is 12.8. The molecular weight excluding hydrogens is 408 g/mol. The molecule has 164 valence electrons. The van der Waals surface area contributed by atoms with Crippen molar-refractivity contribution in [3.05, 3.63) is 69.5 Å². The summed E-state index contributed by atoms with van der Waals surface area (Å²) in [5.74, 6) is 0.715. The van der Waals surface area contributed by atoms with Gasteiger partial charge in [-0.2, -0.15) is 0 Å². The lowest BCUT2D eigenvalue weighted by atomic mass is 10.1. The lowest BCUT2D eigenvalue weighted by Gasteiger charge is -2.27. The Kier molecular flexibility index (Phi) is 7.30. The van der Waals surface area contributed by atoms with Crippen LogP contribution in [0.4, 0.5) is 5.69 Å². The van der Waals surface area contributed by atoms with Crippen LogP contribution in [0.1, 0.15) is 16.7 Å². The Morgan fingerprint density at radius 1 is 1.13 bits per heavy atom. The van der Waals surface area contributed by atoms with Crippen LogP contribution in [0.25, 0.3) is 10.9 Å². The van der Waals surface area contributed by atoms with E-state index in [1.165, 1.54) is 5.56 Å². The first-order chi connectivity index (χ1) is 14.8. The second kappa shape index (κ2) is 9.94. The molecular formula is C24H30N4O2S. The minimum Gasteiger partial charge on any atom is -0.495 e. The average Bonchev–Trinajstić information content (AvgIpc) is 2.72. The van der Waals surface area contributed by atoms with Gasteiger partial charge in [0, 0.05) is 18.7 Å². The number of thiocarbonyl (C=S) groups is 1. The number of ether oxygens (including phenoxy) is 1. The fraction of sp³-hybridized carbons (Fsp3) is 0.333. The number of H-pyrrole nitrogens is 1. The number of hydrogen-bond acceptors (Lipinski definition) is 4. The molecule has 0 aliphatic carbocycles. The Hall–Kier alpha value is -2.90. The summed E-state index contributed by atoms with van der Waals surface area (Å²) in [6, 6.07) is 13.8. The van der Waals surface area contributed by atoms with Crippen molar-refractivity contribution in [3.8, 4) is 5.75 Å². The van der Waals surface area contributed by atoms with E-state index in [2.05, 4.69) is 34.3 Å². The normalized spacial score (nSPS) is 11.0. The first-order valence-corrected chi connectivity index (χ1v) is 10.7. The molecule has 2 N–H and O–H groups in total. The molecule has 0 amide bonds. The van der Waals surface area contributed by atoms with Crippen molar-refractivity contribution in [2.75, 3.05) is 39.6 Å². The van der Waals surface area contributed by atoms with Crippen LogP contribution in [-0.2, 0) is 6.54 Å². The number of aromatic nitrogens is 1. The summed E-state index contributed by atoms with van der Waals surface area (Å²) in [5, 5.41) is 4.86. The average molecular weight is 439 g/mol. The Morgan fingerprint density at radius 2 is 1.87 bits per heavy atom. The highest BCUT2D eigenvalue weighted by Crippen LogP contribution is 2.24. The van der Waals surface area contributed by atoms with Gasteiger partial charge in [-0.15, -0.1) is 0 Å². The molecule has 1 heterocycles. The van der Waals surface area contributed by atoms with Crippen LogP contribution in [0, 0.1) is 13.8 Å². The number of likely N-dealkylation sites (N-methyl/N-ethyl adjacent to an activating group) is 1. The molecule has 0 atom stereocenters. The van der Waals surface area contributed by atoms with Crippen molar-refractivity contribution in [2.24, 2.45) is 0 Å². The second-order valence-corrected chi connectivity index (χ2v) is 8.41. The molecule has 0 bridgehead atoms. The van der Waals surface area contributed by atoms with E-state index in [0.717, 1.165) is 28.7 Å². The smallest absolute Gasteiger partial charge is 0.253 e. The summed E-state index contributed by atoms with van der Waals surface area (Å²) < 4.78 is 5.43. The first-order valence-electron chi connectivity index (χ1n) is 10.3. The Bertz CT molecular complexity index is 1140. The zero-order valence-electron chi connectivity index (χ0n) is 18.8. The van der Waals surface area contributed by atoms with E-state index in [0.29, 0.717) is 29.5 Å². The highest BCUT2D eigenvalue weighted by atomic mass is 32.1. The van der Waals surface area contributed by atoms with Crippen LogP contribution in [0.15, 0.2) is 47.3 Å². The predicted molar refractivity (Wildman–Crippen MR) is 132 cm³/mol. The minimum absolute atomic E-state index is 0.0885. The van der Waals surface area contributed by atoms with Crippen molar-refractivity contribution in [1.82, 2.24) is 14.8 Å². The van der Waals surface area contributed by atoms with Gasteiger partial charge in [0.25, 0.3) is 5.56 Å². The molecule has 0 unspecified atom stereocenters. The molecule has 6 nitrogen and oxygen atoms in total. The molecule has 3 aromatic rings. The van der Waals surface area contributed by atoms with Gasteiger partial charge < -0.3 is 24.8 Å².